The highest BCUT2D eigenvalue weighted by Crippen LogP contribution is 2.36. The van der Waals surface area contributed by atoms with E-state index in [1.807, 2.05) is 30.3 Å². The fourth-order valence-corrected chi connectivity index (χ4v) is 4.12. The third-order valence-electron chi connectivity index (χ3n) is 4.90. The molecule has 30 heavy (non-hydrogen) atoms. The molecule has 1 aliphatic carbocycles. The number of fused-ring (bicyclic) bond motifs is 3. The molecule has 0 heterocycles. The van der Waals surface area contributed by atoms with Crippen molar-refractivity contribution in [2.45, 2.75) is 6.42 Å². The molecule has 3 aromatic rings. The van der Waals surface area contributed by atoms with Gasteiger partial charge in [-0.05, 0) is 46.9 Å². The van der Waals surface area contributed by atoms with E-state index in [-0.39, 0.29) is 17.0 Å². The van der Waals surface area contributed by atoms with Gasteiger partial charge in [0.2, 0.25) is 10.0 Å². The minimum absolute atomic E-state index is 0.0404. The molecule has 0 aromatic heterocycles. The number of hydrogen-bond acceptors (Lipinski definition) is 5. The molecule has 0 saturated carbocycles. The van der Waals surface area contributed by atoms with Gasteiger partial charge in [0.05, 0.1) is 17.5 Å². The Morgan fingerprint density at radius 1 is 0.933 bits per heavy atom. The average Bonchev–Trinajstić information content (AvgIpc) is 3.09. The first-order valence-corrected chi connectivity index (χ1v) is 11.2. The second-order valence-electron chi connectivity index (χ2n) is 7.12. The first-order valence-electron chi connectivity index (χ1n) is 9.30. The van der Waals surface area contributed by atoms with Gasteiger partial charge >= 0.3 is 5.97 Å². The van der Waals surface area contributed by atoms with Crippen molar-refractivity contribution in [2.24, 2.45) is 0 Å². The smallest absolute Gasteiger partial charge is 0.340 e. The summed E-state index contributed by atoms with van der Waals surface area (Å²) in [4.78, 5) is 25.0. The third kappa shape index (κ3) is 4.11. The molecular weight excluding hydrogens is 402 g/mol. The Kier molecular flexibility index (Phi) is 5.13. The molecule has 1 aliphatic rings. The largest absolute Gasteiger partial charge is 0.454 e. The maximum absolute atomic E-state index is 12.6. The fraction of sp³-hybridized carbons (Fsp3) is 0.130. The standard InChI is InChI=1S/C23H19NO5S/c1-30(27,28)24-21-9-5-4-8-19(21)23(26)29-14-22(25)17-11-10-16-12-15-6-2-3-7-18(15)20(16)13-17/h2-11,13,24H,12,14H2,1H3. The fourth-order valence-electron chi connectivity index (χ4n) is 3.54. The van der Waals surface area contributed by atoms with Crippen LogP contribution in [0.5, 0.6) is 0 Å². The molecule has 0 atom stereocenters. The monoisotopic (exact) mass is 421 g/mol. The van der Waals surface area contributed by atoms with Crippen molar-refractivity contribution in [2.75, 3.05) is 17.6 Å². The van der Waals surface area contributed by atoms with Crippen LogP contribution in [0.15, 0.2) is 66.7 Å². The zero-order valence-corrected chi connectivity index (χ0v) is 17.0. The minimum atomic E-state index is -3.56. The number of sulfonamides is 1. The van der Waals surface area contributed by atoms with Crippen molar-refractivity contribution < 1.29 is 22.7 Å². The highest BCUT2D eigenvalue weighted by molar-refractivity contribution is 7.92. The first kappa shape index (κ1) is 19.8. The summed E-state index contributed by atoms with van der Waals surface area (Å²) in [6.07, 6.45) is 1.82. The minimum Gasteiger partial charge on any atom is -0.454 e. The van der Waals surface area contributed by atoms with Gasteiger partial charge in [-0.1, -0.05) is 48.5 Å². The number of ether oxygens (including phenoxy) is 1. The molecular formula is C23H19NO5S. The maximum atomic E-state index is 12.6. The Bertz CT molecular complexity index is 1260. The second-order valence-corrected chi connectivity index (χ2v) is 8.87. The van der Waals surface area contributed by atoms with Gasteiger partial charge in [-0.3, -0.25) is 9.52 Å². The highest BCUT2D eigenvalue weighted by Gasteiger charge is 2.21. The van der Waals surface area contributed by atoms with Crippen LogP contribution in [0.2, 0.25) is 0 Å². The van der Waals surface area contributed by atoms with Crippen molar-refractivity contribution in [3.05, 3.63) is 89.0 Å². The average molecular weight is 421 g/mol. The normalized spacial score (nSPS) is 12.0. The highest BCUT2D eigenvalue weighted by atomic mass is 32.2. The molecule has 0 spiro atoms. The lowest BCUT2D eigenvalue weighted by Gasteiger charge is -2.10. The predicted octanol–water partition coefficient (Wildman–Crippen LogP) is 3.67. The number of benzene rings is 3. The number of nitrogens with one attached hydrogen (secondary N) is 1. The van der Waals surface area contributed by atoms with E-state index >= 15 is 0 Å². The van der Waals surface area contributed by atoms with Gasteiger partial charge in [0.25, 0.3) is 0 Å². The van der Waals surface area contributed by atoms with Crippen molar-refractivity contribution in [1.82, 2.24) is 0 Å². The zero-order valence-electron chi connectivity index (χ0n) is 16.2. The van der Waals surface area contributed by atoms with Crippen molar-refractivity contribution in [1.29, 1.82) is 0 Å². The lowest BCUT2D eigenvalue weighted by atomic mass is 10.0. The second kappa shape index (κ2) is 7.76. The molecule has 3 aromatic carbocycles. The van der Waals surface area contributed by atoms with Crippen LogP contribution < -0.4 is 4.72 Å². The van der Waals surface area contributed by atoms with Crippen LogP contribution in [-0.4, -0.2) is 33.0 Å². The number of Topliss-reactive ketones (excluding diaryl/α,β-unsaturated/α-hetero) is 1. The molecule has 0 radical (unpaired) electrons. The van der Waals surface area contributed by atoms with E-state index in [9.17, 15) is 18.0 Å². The van der Waals surface area contributed by atoms with E-state index < -0.39 is 22.6 Å². The van der Waals surface area contributed by atoms with Gasteiger partial charge in [-0.25, -0.2) is 13.2 Å². The molecule has 152 valence electrons. The number of carbonyl (C=O) groups is 2. The van der Waals surface area contributed by atoms with E-state index in [1.54, 1.807) is 18.2 Å². The number of hydrogen-bond donors (Lipinski definition) is 1. The van der Waals surface area contributed by atoms with Crippen LogP contribution in [0.4, 0.5) is 5.69 Å². The number of ketones is 1. The molecule has 7 heteroatoms. The van der Waals surface area contributed by atoms with Crippen molar-refractivity contribution in [3.63, 3.8) is 0 Å². The van der Waals surface area contributed by atoms with Gasteiger partial charge in [0.1, 0.15) is 0 Å². The SMILES string of the molecule is CS(=O)(=O)Nc1ccccc1C(=O)OCC(=O)c1ccc2c(c1)-c1ccccc1C2. The molecule has 6 nitrogen and oxygen atoms in total. The number of esters is 1. The van der Waals surface area contributed by atoms with Gasteiger partial charge < -0.3 is 4.74 Å². The first-order chi connectivity index (χ1) is 14.3. The topological polar surface area (TPSA) is 89.5 Å². The number of para-hydroxylation sites is 1. The van der Waals surface area contributed by atoms with E-state index in [4.69, 9.17) is 4.74 Å². The molecule has 0 bridgehead atoms. The Morgan fingerprint density at radius 2 is 1.63 bits per heavy atom. The lowest BCUT2D eigenvalue weighted by Crippen LogP contribution is -2.17. The molecule has 0 unspecified atom stereocenters. The molecule has 1 N–H and O–H groups in total. The molecule has 0 saturated heterocycles. The predicted molar refractivity (Wildman–Crippen MR) is 114 cm³/mol. The Morgan fingerprint density at radius 3 is 2.43 bits per heavy atom. The van der Waals surface area contributed by atoms with Gasteiger partial charge in [0, 0.05) is 5.56 Å². The van der Waals surface area contributed by atoms with Crippen LogP contribution in [0.25, 0.3) is 11.1 Å². The van der Waals surface area contributed by atoms with Crippen molar-refractivity contribution in [3.8, 4) is 11.1 Å². The maximum Gasteiger partial charge on any atom is 0.340 e. The Hall–Kier alpha value is -3.45. The van der Waals surface area contributed by atoms with Gasteiger partial charge in [-0.2, -0.15) is 0 Å². The van der Waals surface area contributed by atoms with Crippen LogP contribution in [0, 0.1) is 0 Å². The van der Waals surface area contributed by atoms with Crippen LogP contribution >= 0.6 is 0 Å². The van der Waals surface area contributed by atoms with Gasteiger partial charge in [0.15, 0.2) is 12.4 Å². The summed E-state index contributed by atoms with van der Waals surface area (Å²) >= 11 is 0. The summed E-state index contributed by atoms with van der Waals surface area (Å²) in [7, 11) is -3.56. The zero-order chi connectivity index (χ0) is 21.3. The van der Waals surface area contributed by atoms with E-state index in [1.165, 1.54) is 17.7 Å². The number of carbonyl (C=O) groups excluding carboxylic acids is 2. The van der Waals surface area contributed by atoms with Crippen molar-refractivity contribution >= 4 is 27.5 Å². The molecule has 4 rings (SSSR count). The summed E-state index contributed by atoms with van der Waals surface area (Å²) in [5.41, 5.74) is 5.11. The number of rotatable bonds is 6. The van der Waals surface area contributed by atoms with Gasteiger partial charge in [-0.15, -0.1) is 0 Å². The van der Waals surface area contributed by atoms with E-state index in [0.717, 1.165) is 29.4 Å². The Labute approximate surface area is 174 Å². The number of anilines is 1. The third-order valence-corrected chi connectivity index (χ3v) is 5.49. The van der Waals surface area contributed by atoms with Crippen LogP contribution in [0.1, 0.15) is 31.8 Å². The summed E-state index contributed by atoms with van der Waals surface area (Å²) in [6, 6.07) is 19.6. The molecule has 0 aliphatic heterocycles. The van der Waals surface area contributed by atoms with E-state index in [0.29, 0.717) is 5.56 Å². The quantitative estimate of drug-likeness (QED) is 0.379. The summed E-state index contributed by atoms with van der Waals surface area (Å²) < 4.78 is 30.4. The summed E-state index contributed by atoms with van der Waals surface area (Å²) in [5, 5.41) is 0. The van der Waals surface area contributed by atoms with Crippen LogP contribution in [0.3, 0.4) is 0 Å². The molecule has 0 amide bonds. The lowest BCUT2D eigenvalue weighted by molar-refractivity contribution is 0.0476. The van der Waals surface area contributed by atoms with E-state index in [2.05, 4.69) is 10.8 Å². The summed E-state index contributed by atoms with van der Waals surface area (Å²) in [5.74, 6) is -1.11. The van der Waals surface area contributed by atoms with Crippen LogP contribution in [-0.2, 0) is 21.2 Å². The molecule has 0 fully saturated rings. The summed E-state index contributed by atoms with van der Waals surface area (Å²) in [6.45, 7) is -0.438. The Balaban J connectivity index is 1.49.